The Balaban J connectivity index is 2.59. The van der Waals surface area contributed by atoms with Gasteiger partial charge in [-0.15, -0.1) is 0 Å². The second kappa shape index (κ2) is 5.68. The molecule has 0 N–H and O–H groups in total. The first kappa shape index (κ1) is 18.6. The van der Waals surface area contributed by atoms with Crippen molar-refractivity contribution in [1.29, 1.82) is 0 Å². The van der Waals surface area contributed by atoms with Gasteiger partial charge in [0.15, 0.2) is 0 Å². The molecule has 0 aromatic heterocycles. The molecule has 0 spiro atoms. The van der Waals surface area contributed by atoms with Crippen molar-refractivity contribution in [3.8, 4) is 0 Å². The van der Waals surface area contributed by atoms with Gasteiger partial charge < -0.3 is 0 Å². The molecule has 0 aromatic carbocycles. The summed E-state index contributed by atoms with van der Waals surface area (Å²) in [5.74, 6) is 0. The third kappa shape index (κ3) is 2.38. The van der Waals surface area contributed by atoms with E-state index in [0.717, 1.165) is 0 Å². The van der Waals surface area contributed by atoms with E-state index in [-0.39, 0.29) is 10.8 Å². The zero-order chi connectivity index (χ0) is 17.2. The van der Waals surface area contributed by atoms with E-state index in [4.69, 9.17) is 0 Å². The van der Waals surface area contributed by atoms with Gasteiger partial charge in [0.1, 0.15) is 0 Å². The zero-order valence-corrected chi connectivity index (χ0v) is 19.0. The summed E-state index contributed by atoms with van der Waals surface area (Å²) in [7, 11) is 0. The van der Waals surface area contributed by atoms with Crippen LogP contribution in [-0.2, 0) is 0 Å². The molecule has 0 fully saturated rings. The van der Waals surface area contributed by atoms with Gasteiger partial charge in [0.05, 0.1) is 0 Å². The van der Waals surface area contributed by atoms with Gasteiger partial charge in [-0.1, -0.05) is 0 Å². The molecule has 0 heterocycles. The maximum atomic E-state index is 2.62. The standard InChI is InChI=1S/2C10H15.CH3.Sm/c2*1-7-6-10(4,5)9(3)8(7)2;;/h2*1-5H3;1H3;. The van der Waals surface area contributed by atoms with E-state index in [1.165, 1.54) is 0 Å². The summed E-state index contributed by atoms with van der Waals surface area (Å²) in [6.45, 7) is 23.9. The normalized spacial score (nSPS) is 24.5. The third-order valence-electron chi connectivity index (χ3n) is 6.55. The van der Waals surface area contributed by atoms with Crippen LogP contribution in [0, 0.1) is 45.1 Å². The van der Waals surface area contributed by atoms with Crippen LogP contribution in [0.1, 0.15) is 69.2 Å². The molecule has 0 saturated carbocycles. The predicted molar refractivity (Wildman–Crippen MR) is 95.6 cm³/mol. The van der Waals surface area contributed by atoms with Crippen LogP contribution in [-0.4, -0.2) is 0 Å². The fourth-order valence-corrected chi connectivity index (χ4v) is 14.9. The minimum atomic E-state index is -1.81. The van der Waals surface area contributed by atoms with Crippen LogP contribution in [0.4, 0.5) is 0 Å². The Morgan fingerprint density at radius 2 is 0.818 bits per heavy atom. The molecule has 0 bridgehead atoms. The van der Waals surface area contributed by atoms with E-state index in [1.54, 1.807) is 33.4 Å². The molecular formula is C21H33Sm. The average Bonchev–Trinajstić information content (AvgIpc) is 2.66. The van der Waals surface area contributed by atoms with Gasteiger partial charge >= 0.3 is 153 Å². The number of rotatable bonds is 2. The molecule has 22 heavy (non-hydrogen) atoms. The molecule has 0 radical (unpaired) electrons. The van der Waals surface area contributed by atoms with Crippen LogP contribution in [0.3, 0.4) is 0 Å². The van der Waals surface area contributed by atoms with Crippen LogP contribution in [0.15, 0.2) is 36.0 Å². The summed E-state index contributed by atoms with van der Waals surface area (Å²) >= 11 is -1.81. The van der Waals surface area contributed by atoms with Crippen molar-refractivity contribution in [2.75, 3.05) is 0 Å². The van der Waals surface area contributed by atoms with Crippen molar-refractivity contribution in [1.82, 2.24) is 0 Å². The molecule has 2 aliphatic carbocycles. The first-order valence-corrected chi connectivity index (χ1v) is 13.6. The molecular weight excluding hydrogens is 403 g/mol. The quantitative estimate of drug-likeness (QED) is 0.440. The molecule has 0 unspecified atom stereocenters. The SMILES string of the molecule is CC1=C(C)C(C)(C)[C]([Sm]([CH3])[C]2=C(C)C(C)=C(C)C2(C)C)=C1C. The first-order valence-electron chi connectivity index (χ1n) is 8.32. The van der Waals surface area contributed by atoms with Gasteiger partial charge in [0, 0.05) is 0 Å². The van der Waals surface area contributed by atoms with Gasteiger partial charge in [0.25, 0.3) is 0 Å². The first-order chi connectivity index (χ1) is 9.86. The Hall–Kier alpha value is 0.298. The molecule has 0 amide bonds. The van der Waals surface area contributed by atoms with Gasteiger partial charge in [-0.05, 0) is 0 Å². The number of allylic oxidation sites excluding steroid dienone is 8. The monoisotopic (exact) mass is 437 g/mol. The van der Waals surface area contributed by atoms with Crippen molar-refractivity contribution >= 4 is 0 Å². The van der Waals surface area contributed by atoms with E-state index in [9.17, 15) is 0 Å². The molecule has 1 heteroatoms. The molecule has 2 rings (SSSR count). The Kier molecular flexibility index (Phi) is 4.81. The molecule has 0 aliphatic heterocycles. The van der Waals surface area contributed by atoms with Crippen molar-refractivity contribution in [3.63, 3.8) is 0 Å². The summed E-state index contributed by atoms with van der Waals surface area (Å²) in [5.41, 5.74) is 10.0. The van der Waals surface area contributed by atoms with E-state index < -0.39 is 34.2 Å². The fourth-order valence-electron chi connectivity index (χ4n) is 4.45. The fraction of sp³-hybridized carbons (Fsp3) is 0.619. The van der Waals surface area contributed by atoms with E-state index in [0.29, 0.717) is 0 Å². The molecule has 123 valence electrons. The second-order valence-electron chi connectivity index (χ2n) is 8.17. The van der Waals surface area contributed by atoms with Crippen LogP contribution >= 0.6 is 0 Å². The zero-order valence-electron chi connectivity index (χ0n) is 16.4. The molecule has 2 aliphatic rings. The van der Waals surface area contributed by atoms with Gasteiger partial charge in [-0.3, -0.25) is 0 Å². The topological polar surface area (TPSA) is 0 Å². The van der Waals surface area contributed by atoms with E-state index >= 15 is 0 Å². The minimum absolute atomic E-state index is 0.268. The Labute approximate surface area is 151 Å². The van der Waals surface area contributed by atoms with Gasteiger partial charge in [0.2, 0.25) is 0 Å². The van der Waals surface area contributed by atoms with Crippen LogP contribution in [0.25, 0.3) is 0 Å². The van der Waals surface area contributed by atoms with E-state index in [1.807, 2.05) is 2.58 Å². The summed E-state index contributed by atoms with van der Waals surface area (Å²) in [5, 5.41) is 0. The number of hydrogen-bond acceptors (Lipinski definition) is 0. The maximum absolute atomic E-state index is 2.62. The summed E-state index contributed by atoms with van der Waals surface area (Å²) in [6, 6.07) is 0. The summed E-state index contributed by atoms with van der Waals surface area (Å²) < 4.78 is 6.28. The Morgan fingerprint density at radius 1 is 0.545 bits per heavy atom. The average molecular weight is 436 g/mol. The van der Waals surface area contributed by atoms with E-state index in [2.05, 4.69) is 71.9 Å². The van der Waals surface area contributed by atoms with Crippen molar-refractivity contribution < 1.29 is 34.2 Å². The molecule has 0 saturated heterocycles. The van der Waals surface area contributed by atoms with Gasteiger partial charge in [-0.25, -0.2) is 0 Å². The van der Waals surface area contributed by atoms with Crippen LogP contribution < -0.4 is 0 Å². The van der Waals surface area contributed by atoms with Crippen molar-refractivity contribution in [3.05, 3.63) is 36.0 Å². The number of hydrogen-bond donors (Lipinski definition) is 0. The van der Waals surface area contributed by atoms with Crippen LogP contribution in [0.2, 0.25) is 2.64 Å². The summed E-state index contributed by atoms with van der Waals surface area (Å²) in [6.07, 6.45) is 0. The van der Waals surface area contributed by atoms with Gasteiger partial charge in [-0.2, -0.15) is 0 Å². The molecule has 0 atom stereocenters. The third-order valence-corrected chi connectivity index (χ3v) is 15.7. The van der Waals surface area contributed by atoms with Crippen LogP contribution in [0.5, 0.6) is 0 Å². The van der Waals surface area contributed by atoms with Crippen molar-refractivity contribution in [2.24, 2.45) is 10.8 Å². The predicted octanol–water partition coefficient (Wildman–Crippen LogP) is 6.96. The molecule has 0 nitrogen and oxygen atoms in total. The Morgan fingerprint density at radius 3 is 1.00 bits per heavy atom. The van der Waals surface area contributed by atoms with Crippen molar-refractivity contribution in [2.45, 2.75) is 71.9 Å². The molecule has 0 aromatic rings. The summed E-state index contributed by atoms with van der Waals surface area (Å²) in [4.78, 5) is 0. The Bertz CT molecular complexity index is 602. The second-order valence-corrected chi connectivity index (χ2v) is 14.1.